The van der Waals surface area contributed by atoms with Crippen LogP contribution in [0.4, 0.5) is 13.2 Å². The molecule has 0 aromatic heterocycles. The molecule has 0 bridgehead atoms. The minimum atomic E-state index is -2.83. The summed E-state index contributed by atoms with van der Waals surface area (Å²) < 4.78 is 37.7. The molecule has 0 heterocycles. The number of carbonyl (C=O) groups is 1. The largest absolute Gasteiger partial charge is 0.368 e. The Hall–Kier alpha value is -1.56. The fraction of sp³-hybridized carbons (Fsp3) is 0.364. The summed E-state index contributed by atoms with van der Waals surface area (Å²) in [6, 6.07) is 2.87. The maximum Gasteiger partial charge on any atom is 0.266 e. The molecule has 0 saturated carbocycles. The fourth-order valence-electron chi connectivity index (χ4n) is 1.23. The molecule has 1 rings (SSSR count). The van der Waals surface area contributed by atoms with Crippen LogP contribution < -0.4 is 11.1 Å². The van der Waals surface area contributed by atoms with Crippen LogP contribution in [0.25, 0.3) is 0 Å². The number of alkyl halides is 2. The molecule has 0 aliphatic carbocycles. The molecule has 1 atom stereocenters. The zero-order valence-corrected chi connectivity index (χ0v) is 9.21. The Morgan fingerprint density at radius 1 is 1.47 bits per heavy atom. The van der Waals surface area contributed by atoms with Crippen LogP contribution in [0.3, 0.4) is 0 Å². The van der Waals surface area contributed by atoms with E-state index in [1.165, 1.54) is 6.07 Å². The van der Waals surface area contributed by atoms with E-state index in [1.807, 2.05) is 0 Å². The molecule has 17 heavy (non-hydrogen) atoms. The van der Waals surface area contributed by atoms with Gasteiger partial charge < -0.3 is 11.1 Å². The average Bonchev–Trinajstić information content (AvgIpc) is 2.25. The number of amides is 1. The second-order valence-electron chi connectivity index (χ2n) is 3.66. The molecule has 0 fully saturated rings. The minimum absolute atomic E-state index is 0.185. The van der Waals surface area contributed by atoms with Crippen molar-refractivity contribution in [3.63, 3.8) is 0 Å². The smallest absolute Gasteiger partial charge is 0.266 e. The van der Waals surface area contributed by atoms with E-state index < -0.39 is 29.8 Å². The number of nitrogens with one attached hydrogen (secondary N) is 1. The van der Waals surface area contributed by atoms with Gasteiger partial charge in [0.15, 0.2) is 0 Å². The molecular formula is C11H13F3N2O. The average molecular weight is 246 g/mol. The topological polar surface area (TPSA) is 55.1 Å². The third kappa shape index (κ3) is 3.74. The number of halogens is 3. The minimum Gasteiger partial charge on any atom is -0.368 e. The van der Waals surface area contributed by atoms with Crippen molar-refractivity contribution in [3.8, 4) is 0 Å². The lowest BCUT2D eigenvalue weighted by atomic mass is 10.1. The summed E-state index contributed by atoms with van der Waals surface area (Å²) in [5.41, 5.74) is 4.86. The van der Waals surface area contributed by atoms with E-state index in [0.29, 0.717) is 5.56 Å². The normalized spacial score (nSPS) is 12.8. The summed E-state index contributed by atoms with van der Waals surface area (Å²) >= 11 is 0. The Labute approximate surface area is 96.8 Å². The summed E-state index contributed by atoms with van der Waals surface area (Å²) in [5, 5.41) is 2.75. The first-order valence-electron chi connectivity index (χ1n) is 5.01. The highest BCUT2D eigenvalue weighted by molar-refractivity contribution is 5.79. The Morgan fingerprint density at radius 3 is 2.59 bits per heavy atom. The number of primary amides is 1. The van der Waals surface area contributed by atoms with Crippen LogP contribution in [-0.4, -0.2) is 11.9 Å². The Morgan fingerprint density at radius 2 is 2.12 bits per heavy atom. The van der Waals surface area contributed by atoms with Crippen LogP contribution in [0, 0.1) is 5.82 Å². The Bertz CT molecular complexity index is 410. The molecule has 1 aromatic carbocycles. The van der Waals surface area contributed by atoms with E-state index in [2.05, 4.69) is 5.32 Å². The number of rotatable bonds is 5. The highest BCUT2D eigenvalue weighted by Crippen LogP contribution is 2.22. The number of hydrogen-bond donors (Lipinski definition) is 2. The molecule has 0 spiro atoms. The zero-order valence-electron chi connectivity index (χ0n) is 9.21. The van der Waals surface area contributed by atoms with Crippen molar-refractivity contribution in [1.29, 1.82) is 0 Å². The maximum atomic E-state index is 13.2. The van der Waals surface area contributed by atoms with Crippen LogP contribution in [0.2, 0.25) is 0 Å². The first-order chi connectivity index (χ1) is 7.91. The van der Waals surface area contributed by atoms with Gasteiger partial charge in [0.25, 0.3) is 6.43 Å². The standard InChI is InChI=1S/C11H13F3N2O/c1-6(11(15)17)16-5-7-2-3-8(10(13)14)9(12)4-7/h2-4,6,10,16H,5H2,1H3,(H2,15,17)/t6-/m1/s1. The van der Waals surface area contributed by atoms with Crippen LogP contribution in [0.15, 0.2) is 18.2 Å². The number of benzene rings is 1. The van der Waals surface area contributed by atoms with Gasteiger partial charge in [-0.15, -0.1) is 0 Å². The Kier molecular flexibility index (Phi) is 4.51. The number of hydrogen-bond acceptors (Lipinski definition) is 2. The van der Waals surface area contributed by atoms with Crippen molar-refractivity contribution in [2.75, 3.05) is 0 Å². The van der Waals surface area contributed by atoms with Crippen LogP contribution in [0.5, 0.6) is 0 Å². The predicted molar refractivity (Wildman–Crippen MR) is 56.9 cm³/mol. The zero-order chi connectivity index (χ0) is 13.0. The second kappa shape index (κ2) is 5.67. The summed E-state index contributed by atoms with van der Waals surface area (Å²) in [6.45, 7) is 1.75. The Balaban J connectivity index is 2.68. The summed E-state index contributed by atoms with van der Waals surface area (Å²) in [6.07, 6.45) is -2.83. The van der Waals surface area contributed by atoms with Crippen LogP contribution in [-0.2, 0) is 11.3 Å². The van der Waals surface area contributed by atoms with Crippen molar-refractivity contribution in [2.24, 2.45) is 5.73 Å². The molecule has 1 amide bonds. The van der Waals surface area contributed by atoms with Crippen molar-refractivity contribution in [2.45, 2.75) is 25.9 Å². The van der Waals surface area contributed by atoms with Crippen molar-refractivity contribution < 1.29 is 18.0 Å². The number of nitrogens with two attached hydrogens (primary N) is 1. The summed E-state index contributed by atoms with van der Waals surface area (Å²) in [7, 11) is 0. The third-order valence-corrected chi connectivity index (χ3v) is 2.34. The molecule has 3 nitrogen and oxygen atoms in total. The van der Waals surface area contributed by atoms with E-state index in [4.69, 9.17) is 5.73 Å². The predicted octanol–water partition coefficient (Wildman–Crippen LogP) is 1.73. The lowest BCUT2D eigenvalue weighted by Crippen LogP contribution is -2.38. The SMILES string of the molecule is C[C@@H](NCc1ccc(C(F)F)c(F)c1)C(N)=O. The third-order valence-electron chi connectivity index (χ3n) is 2.34. The van der Waals surface area contributed by atoms with E-state index >= 15 is 0 Å². The molecule has 94 valence electrons. The molecule has 0 radical (unpaired) electrons. The van der Waals surface area contributed by atoms with Crippen molar-refractivity contribution in [3.05, 3.63) is 35.1 Å². The van der Waals surface area contributed by atoms with Gasteiger partial charge in [0.1, 0.15) is 5.82 Å². The molecular weight excluding hydrogens is 233 g/mol. The highest BCUT2D eigenvalue weighted by atomic mass is 19.3. The molecule has 1 aromatic rings. The monoisotopic (exact) mass is 246 g/mol. The van der Waals surface area contributed by atoms with E-state index in [0.717, 1.165) is 12.1 Å². The molecule has 0 aliphatic rings. The van der Waals surface area contributed by atoms with E-state index in [-0.39, 0.29) is 6.54 Å². The van der Waals surface area contributed by atoms with Gasteiger partial charge >= 0.3 is 0 Å². The van der Waals surface area contributed by atoms with Gasteiger partial charge in [-0.25, -0.2) is 13.2 Å². The summed E-state index contributed by atoms with van der Waals surface area (Å²) in [4.78, 5) is 10.7. The van der Waals surface area contributed by atoms with Gasteiger partial charge in [0.2, 0.25) is 5.91 Å². The molecule has 0 unspecified atom stereocenters. The van der Waals surface area contributed by atoms with Crippen molar-refractivity contribution in [1.82, 2.24) is 5.32 Å². The van der Waals surface area contributed by atoms with Gasteiger partial charge in [0.05, 0.1) is 11.6 Å². The van der Waals surface area contributed by atoms with Gasteiger partial charge in [0, 0.05) is 6.54 Å². The maximum absolute atomic E-state index is 13.2. The molecule has 6 heteroatoms. The fourth-order valence-corrected chi connectivity index (χ4v) is 1.23. The first-order valence-corrected chi connectivity index (χ1v) is 5.01. The van der Waals surface area contributed by atoms with Gasteiger partial charge in [-0.3, -0.25) is 4.79 Å². The van der Waals surface area contributed by atoms with E-state index in [1.54, 1.807) is 6.92 Å². The quantitative estimate of drug-likeness (QED) is 0.831. The number of carbonyl (C=O) groups excluding carboxylic acids is 1. The lowest BCUT2D eigenvalue weighted by Gasteiger charge is -2.10. The molecule has 3 N–H and O–H groups in total. The molecule has 0 aliphatic heterocycles. The van der Waals surface area contributed by atoms with E-state index in [9.17, 15) is 18.0 Å². The first kappa shape index (κ1) is 13.5. The van der Waals surface area contributed by atoms with Gasteiger partial charge in [-0.1, -0.05) is 12.1 Å². The van der Waals surface area contributed by atoms with Crippen molar-refractivity contribution >= 4 is 5.91 Å². The summed E-state index contributed by atoms with van der Waals surface area (Å²) in [5.74, 6) is -1.49. The van der Waals surface area contributed by atoms with Crippen LogP contribution >= 0.6 is 0 Å². The van der Waals surface area contributed by atoms with Gasteiger partial charge in [-0.05, 0) is 18.6 Å². The highest BCUT2D eigenvalue weighted by Gasteiger charge is 2.14. The van der Waals surface area contributed by atoms with Gasteiger partial charge in [-0.2, -0.15) is 0 Å². The lowest BCUT2D eigenvalue weighted by molar-refractivity contribution is -0.119. The second-order valence-corrected chi connectivity index (χ2v) is 3.66. The molecule has 0 saturated heterocycles. The van der Waals surface area contributed by atoms with Crippen LogP contribution in [0.1, 0.15) is 24.5 Å².